The van der Waals surface area contributed by atoms with Crippen LogP contribution in [0.25, 0.3) is 11.0 Å². The monoisotopic (exact) mass is 325 g/mol. The third kappa shape index (κ3) is 2.53. The molecule has 0 unspecified atom stereocenters. The highest BCUT2D eigenvalue weighted by atomic mass is 35.5. The Kier molecular flexibility index (Phi) is 3.54. The van der Waals surface area contributed by atoms with E-state index in [0.29, 0.717) is 22.1 Å². The lowest BCUT2D eigenvalue weighted by Gasteiger charge is -2.05. The molecule has 0 aliphatic heterocycles. The third-order valence-corrected chi connectivity index (χ3v) is 3.22. The van der Waals surface area contributed by atoms with Gasteiger partial charge in [-0.2, -0.15) is 0 Å². The molecule has 0 bridgehead atoms. The van der Waals surface area contributed by atoms with Gasteiger partial charge in [0.2, 0.25) is 0 Å². The van der Waals surface area contributed by atoms with Crippen molar-refractivity contribution in [1.29, 1.82) is 0 Å². The van der Waals surface area contributed by atoms with Crippen molar-refractivity contribution in [2.45, 2.75) is 0 Å². The van der Waals surface area contributed by atoms with Crippen molar-refractivity contribution in [2.75, 3.05) is 5.32 Å². The molecule has 1 N–H and O–H groups in total. The topological polar surface area (TPSA) is 42.2 Å². The predicted molar refractivity (Wildman–Crippen MR) is 75.5 cm³/mol. The van der Waals surface area contributed by atoms with Gasteiger partial charge in [0.1, 0.15) is 5.58 Å². The minimum atomic E-state index is -1.66. The van der Waals surface area contributed by atoms with Crippen LogP contribution in [-0.4, -0.2) is 5.91 Å². The lowest BCUT2D eigenvalue weighted by atomic mass is 10.2. The van der Waals surface area contributed by atoms with Gasteiger partial charge in [0.15, 0.2) is 23.2 Å². The lowest BCUT2D eigenvalue weighted by molar-refractivity contribution is 0.0998. The van der Waals surface area contributed by atoms with Crippen molar-refractivity contribution in [3.8, 4) is 0 Å². The quantitative estimate of drug-likeness (QED) is 0.690. The number of fused-ring (bicyclic) bond motifs is 1. The second kappa shape index (κ2) is 5.38. The molecule has 1 aromatic heterocycles. The first kappa shape index (κ1) is 14.5. The van der Waals surface area contributed by atoms with Gasteiger partial charge in [0.25, 0.3) is 5.91 Å². The minimum absolute atomic E-state index is 0.110. The minimum Gasteiger partial charge on any atom is -0.451 e. The fourth-order valence-electron chi connectivity index (χ4n) is 1.93. The Morgan fingerprint density at radius 1 is 1.05 bits per heavy atom. The smallest absolute Gasteiger partial charge is 0.291 e. The normalized spacial score (nSPS) is 10.9. The highest BCUT2D eigenvalue weighted by Crippen LogP contribution is 2.25. The van der Waals surface area contributed by atoms with Crippen LogP contribution in [0.1, 0.15) is 10.6 Å². The number of nitrogens with one attached hydrogen (secondary N) is 1. The number of rotatable bonds is 2. The lowest BCUT2D eigenvalue weighted by Crippen LogP contribution is -2.13. The zero-order chi connectivity index (χ0) is 15.9. The van der Waals surface area contributed by atoms with Gasteiger partial charge in [-0.05, 0) is 36.4 Å². The summed E-state index contributed by atoms with van der Waals surface area (Å²) in [7, 11) is 0. The number of hydrogen-bond donors (Lipinski definition) is 1. The van der Waals surface area contributed by atoms with E-state index < -0.39 is 29.0 Å². The maximum Gasteiger partial charge on any atom is 0.291 e. The van der Waals surface area contributed by atoms with Crippen LogP contribution in [0.4, 0.5) is 18.9 Å². The Morgan fingerprint density at radius 2 is 1.82 bits per heavy atom. The van der Waals surface area contributed by atoms with E-state index in [2.05, 4.69) is 5.32 Å². The van der Waals surface area contributed by atoms with Gasteiger partial charge >= 0.3 is 0 Å². The van der Waals surface area contributed by atoms with Crippen LogP contribution in [0.2, 0.25) is 5.02 Å². The summed E-state index contributed by atoms with van der Waals surface area (Å²) in [5.41, 5.74) is -0.0669. The number of carbonyl (C=O) groups is 1. The van der Waals surface area contributed by atoms with E-state index >= 15 is 0 Å². The molecule has 0 aliphatic carbocycles. The number of furan rings is 1. The van der Waals surface area contributed by atoms with E-state index in [-0.39, 0.29) is 5.76 Å². The number of anilines is 1. The summed E-state index contributed by atoms with van der Waals surface area (Å²) in [5.74, 6) is -5.38. The van der Waals surface area contributed by atoms with E-state index in [1.54, 1.807) is 18.2 Å². The van der Waals surface area contributed by atoms with Crippen LogP contribution in [0.15, 0.2) is 40.8 Å². The van der Waals surface area contributed by atoms with Gasteiger partial charge in [-0.15, -0.1) is 0 Å². The molecule has 22 heavy (non-hydrogen) atoms. The Labute approximate surface area is 127 Å². The van der Waals surface area contributed by atoms with Crippen LogP contribution in [0.5, 0.6) is 0 Å². The van der Waals surface area contributed by atoms with Crippen molar-refractivity contribution in [2.24, 2.45) is 0 Å². The van der Waals surface area contributed by atoms with Crippen molar-refractivity contribution in [1.82, 2.24) is 0 Å². The molecule has 3 nitrogen and oxygen atoms in total. The number of halogens is 4. The summed E-state index contributed by atoms with van der Waals surface area (Å²) in [6, 6.07) is 7.80. The first-order valence-corrected chi connectivity index (χ1v) is 6.47. The largest absolute Gasteiger partial charge is 0.451 e. The zero-order valence-electron chi connectivity index (χ0n) is 10.8. The summed E-state index contributed by atoms with van der Waals surface area (Å²) >= 11 is 5.82. The van der Waals surface area contributed by atoms with Crippen molar-refractivity contribution in [3.05, 3.63) is 64.6 Å². The number of hydrogen-bond acceptors (Lipinski definition) is 2. The van der Waals surface area contributed by atoms with Gasteiger partial charge in [-0.3, -0.25) is 4.79 Å². The molecule has 0 spiro atoms. The van der Waals surface area contributed by atoms with Crippen LogP contribution < -0.4 is 5.32 Å². The van der Waals surface area contributed by atoms with Crippen LogP contribution in [0, 0.1) is 17.5 Å². The highest BCUT2D eigenvalue weighted by Gasteiger charge is 2.18. The van der Waals surface area contributed by atoms with Crippen LogP contribution >= 0.6 is 11.6 Å². The SMILES string of the molecule is O=C(Nc1ccc(F)c(F)c1F)c1cc2cc(Cl)ccc2o1. The molecular formula is C15H7ClF3NO2. The fourth-order valence-corrected chi connectivity index (χ4v) is 2.11. The van der Waals surface area contributed by atoms with Gasteiger partial charge in [0.05, 0.1) is 5.69 Å². The molecule has 1 heterocycles. The summed E-state index contributed by atoms with van der Waals surface area (Å²) in [4.78, 5) is 12.0. The molecule has 2 aromatic carbocycles. The Balaban J connectivity index is 1.92. The van der Waals surface area contributed by atoms with E-state index in [4.69, 9.17) is 16.0 Å². The molecule has 0 fully saturated rings. The van der Waals surface area contributed by atoms with Crippen molar-refractivity contribution in [3.63, 3.8) is 0 Å². The van der Waals surface area contributed by atoms with Gasteiger partial charge in [0, 0.05) is 10.4 Å². The van der Waals surface area contributed by atoms with Gasteiger partial charge in [-0.1, -0.05) is 11.6 Å². The first-order chi connectivity index (χ1) is 10.5. The molecule has 7 heteroatoms. The average molecular weight is 326 g/mol. The molecule has 0 aliphatic rings. The van der Waals surface area contributed by atoms with Crippen molar-refractivity contribution < 1.29 is 22.4 Å². The average Bonchev–Trinajstić information content (AvgIpc) is 2.91. The maximum absolute atomic E-state index is 13.5. The second-order valence-corrected chi connectivity index (χ2v) is 4.91. The highest BCUT2D eigenvalue weighted by molar-refractivity contribution is 6.31. The van der Waals surface area contributed by atoms with E-state index in [1.807, 2.05) is 0 Å². The third-order valence-electron chi connectivity index (χ3n) is 2.99. The van der Waals surface area contributed by atoms with Crippen molar-refractivity contribution >= 4 is 34.2 Å². The van der Waals surface area contributed by atoms with Gasteiger partial charge < -0.3 is 9.73 Å². The molecule has 112 valence electrons. The van der Waals surface area contributed by atoms with Gasteiger partial charge in [-0.25, -0.2) is 13.2 Å². The zero-order valence-corrected chi connectivity index (χ0v) is 11.5. The summed E-state index contributed by atoms with van der Waals surface area (Å²) in [5, 5.41) is 3.17. The summed E-state index contributed by atoms with van der Waals surface area (Å²) in [6.07, 6.45) is 0. The predicted octanol–water partition coefficient (Wildman–Crippen LogP) is 4.76. The second-order valence-electron chi connectivity index (χ2n) is 4.47. The molecule has 0 radical (unpaired) electrons. The Hall–Kier alpha value is -2.47. The molecular weight excluding hydrogens is 319 g/mol. The van der Waals surface area contributed by atoms with E-state index in [0.717, 1.165) is 6.07 Å². The Morgan fingerprint density at radius 3 is 2.59 bits per heavy atom. The Bertz CT molecular complexity index is 892. The molecule has 0 saturated heterocycles. The number of carbonyl (C=O) groups excluding carboxylic acids is 1. The summed E-state index contributed by atoms with van der Waals surface area (Å²) < 4.78 is 44.8. The number of benzene rings is 2. The fraction of sp³-hybridized carbons (Fsp3) is 0. The maximum atomic E-state index is 13.5. The summed E-state index contributed by atoms with van der Waals surface area (Å²) in [6.45, 7) is 0. The molecule has 3 aromatic rings. The van der Waals surface area contributed by atoms with Crippen LogP contribution in [0.3, 0.4) is 0 Å². The number of amides is 1. The molecule has 0 saturated carbocycles. The van der Waals surface area contributed by atoms with Crippen LogP contribution in [-0.2, 0) is 0 Å². The first-order valence-electron chi connectivity index (χ1n) is 6.09. The van der Waals surface area contributed by atoms with E-state index in [1.165, 1.54) is 6.07 Å². The molecule has 1 amide bonds. The molecule has 0 atom stereocenters. The van der Waals surface area contributed by atoms with E-state index in [9.17, 15) is 18.0 Å². The molecule has 3 rings (SSSR count). The standard InChI is InChI=1S/C15H7ClF3NO2/c16-8-1-4-11-7(5-8)6-12(22-11)15(21)20-10-3-2-9(17)13(18)14(10)19/h1-6H,(H,20,21).